The number of amides is 2. The number of aromatic nitrogens is 3. The molecule has 35 heavy (non-hydrogen) atoms. The van der Waals surface area contributed by atoms with E-state index in [2.05, 4.69) is 25.7 Å². The second-order valence-electron chi connectivity index (χ2n) is 7.52. The minimum Gasteiger partial charge on any atom is -0.477 e. The number of thiazole rings is 1. The first-order valence-electron chi connectivity index (χ1n) is 10.0. The minimum absolute atomic E-state index is 0.0624. The summed E-state index contributed by atoms with van der Waals surface area (Å²) >= 11 is 11.2. The van der Waals surface area contributed by atoms with Crippen LogP contribution in [0.3, 0.4) is 0 Å². The number of hydrogen-bond acceptors (Lipinski definition) is 13. The number of aliphatic carboxylic acids is 1. The molecule has 2 amide bonds. The number of alkyl halides is 1. The highest BCUT2D eigenvalue weighted by atomic mass is 35.5. The summed E-state index contributed by atoms with van der Waals surface area (Å²) in [5, 5.41) is 25.1. The molecular formula is C18H16ClN7O5S4. The second kappa shape index (κ2) is 9.93. The van der Waals surface area contributed by atoms with E-state index in [0.717, 1.165) is 11.3 Å². The van der Waals surface area contributed by atoms with Crippen LogP contribution in [0.15, 0.2) is 31.7 Å². The predicted octanol–water partition coefficient (Wildman–Crippen LogP) is 1.21. The number of oxime groups is 1. The number of anilines is 1. The molecule has 12 nitrogen and oxygen atoms in total. The van der Waals surface area contributed by atoms with Gasteiger partial charge in [-0.05, 0) is 5.57 Å². The van der Waals surface area contributed by atoms with Crippen LogP contribution in [0.25, 0.3) is 0 Å². The van der Waals surface area contributed by atoms with Gasteiger partial charge in [-0.15, -0.1) is 44.9 Å². The molecule has 2 aliphatic heterocycles. The Hall–Kier alpha value is -2.40. The van der Waals surface area contributed by atoms with Crippen LogP contribution in [0.1, 0.15) is 12.1 Å². The van der Waals surface area contributed by atoms with Crippen LogP contribution in [0.4, 0.5) is 5.13 Å². The maximum Gasteiger partial charge on any atom is 0.352 e. The summed E-state index contributed by atoms with van der Waals surface area (Å²) in [7, 11) is 0. The summed E-state index contributed by atoms with van der Waals surface area (Å²) in [6.45, 7) is 0. The molecule has 0 bridgehead atoms. The van der Waals surface area contributed by atoms with Crippen LogP contribution in [-0.4, -0.2) is 83.1 Å². The Labute approximate surface area is 219 Å². The van der Waals surface area contributed by atoms with Gasteiger partial charge in [0.25, 0.3) is 11.8 Å². The first-order chi connectivity index (χ1) is 16.8. The molecule has 1 aliphatic carbocycles. The fourth-order valence-electron chi connectivity index (χ4n) is 3.35. The Bertz CT molecular complexity index is 1240. The fourth-order valence-corrected chi connectivity index (χ4v) is 7.10. The Morgan fingerprint density at radius 3 is 2.86 bits per heavy atom. The van der Waals surface area contributed by atoms with Crippen LogP contribution in [0.5, 0.6) is 0 Å². The molecule has 4 atom stereocenters. The molecule has 1 saturated carbocycles. The Kier molecular flexibility index (Phi) is 6.89. The van der Waals surface area contributed by atoms with Crippen molar-refractivity contribution in [2.45, 2.75) is 33.7 Å². The lowest BCUT2D eigenvalue weighted by atomic mass is 10.0. The van der Waals surface area contributed by atoms with Crippen LogP contribution < -0.4 is 11.1 Å². The summed E-state index contributed by atoms with van der Waals surface area (Å²) in [6.07, 6.45) is 0.308. The number of nitrogen functional groups attached to an aromatic ring is 1. The van der Waals surface area contributed by atoms with Crippen molar-refractivity contribution in [1.82, 2.24) is 25.4 Å². The molecule has 0 spiro atoms. The average Bonchev–Trinajstić information content (AvgIpc) is 3.20. The van der Waals surface area contributed by atoms with Crippen molar-refractivity contribution in [2.75, 3.05) is 17.2 Å². The second-order valence-corrected chi connectivity index (χ2v) is 12.1. The van der Waals surface area contributed by atoms with E-state index in [4.69, 9.17) is 22.2 Å². The van der Waals surface area contributed by atoms with E-state index in [0.29, 0.717) is 27.8 Å². The van der Waals surface area contributed by atoms with Crippen molar-refractivity contribution in [1.29, 1.82) is 0 Å². The van der Waals surface area contributed by atoms with Crippen molar-refractivity contribution in [2.24, 2.45) is 5.16 Å². The topological polar surface area (TPSA) is 173 Å². The molecule has 1 saturated heterocycles. The van der Waals surface area contributed by atoms with Crippen molar-refractivity contribution >= 4 is 86.4 Å². The van der Waals surface area contributed by atoms with Crippen LogP contribution in [0, 0.1) is 0 Å². The molecule has 0 radical (unpaired) electrons. The highest BCUT2D eigenvalue weighted by Gasteiger charge is 2.54. The summed E-state index contributed by atoms with van der Waals surface area (Å²) in [4.78, 5) is 48.6. The van der Waals surface area contributed by atoms with Crippen LogP contribution in [0.2, 0.25) is 0 Å². The molecule has 2 unspecified atom stereocenters. The lowest BCUT2D eigenvalue weighted by molar-refractivity contribution is -0.150. The van der Waals surface area contributed by atoms with Crippen molar-refractivity contribution in [3.63, 3.8) is 0 Å². The molecule has 3 aliphatic rings. The highest BCUT2D eigenvalue weighted by molar-refractivity contribution is 8.01. The minimum atomic E-state index is -1.20. The van der Waals surface area contributed by atoms with Crippen molar-refractivity contribution in [3.8, 4) is 0 Å². The third-order valence-electron chi connectivity index (χ3n) is 5.16. The zero-order chi connectivity index (χ0) is 24.7. The SMILES string of the molecule is Nc1nc(C(=NOC2CC2Cl)C(=O)N[C@@H]2C(=O)N3C(C(=O)O)=C(CSc4nncs4)CS[C@@H]23)cs1. The third-order valence-corrected chi connectivity index (χ3v) is 9.58. The van der Waals surface area contributed by atoms with E-state index in [-0.39, 0.29) is 33.7 Å². The first-order valence-corrected chi connectivity index (χ1v) is 14.3. The maximum atomic E-state index is 13.0. The summed E-state index contributed by atoms with van der Waals surface area (Å²) in [5.41, 5.74) is 7.90. The van der Waals surface area contributed by atoms with Gasteiger partial charge in [-0.1, -0.05) is 28.3 Å². The molecule has 4 N–H and O–H groups in total. The number of fused-ring (bicyclic) bond motifs is 1. The van der Waals surface area contributed by atoms with Gasteiger partial charge < -0.3 is 21.0 Å². The van der Waals surface area contributed by atoms with Gasteiger partial charge in [-0.3, -0.25) is 14.5 Å². The number of carbonyl (C=O) groups excluding carboxylic acids is 2. The summed E-state index contributed by atoms with van der Waals surface area (Å²) in [6, 6.07) is -0.929. The van der Waals surface area contributed by atoms with Crippen molar-refractivity contribution in [3.05, 3.63) is 27.9 Å². The fraction of sp³-hybridized carbons (Fsp3) is 0.389. The Balaban J connectivity index is 1.30. The van der Waals surface area contributed by atoms with Gasteiger partial charge in [0, 0.05) is 23.3 Å². The van der Waals surface area contributed by atoms with Gasteiger partial charge in [0.15, 0.2) is 15.2 Å². The zero-order valence-corrected chi connectivity index (χ0v) is 21.5. The molecule has 184 valence electrons. The lowest BCUT2D eigenvalue weighted by Gasteiger charge is -2.49. The van der Waals surface area contributed by atoms with Gasteiger partial charge in [0.05, 0.1) is 5.38 Å². The molecule has 5 rings (SSSR count). The standard InChI is InChI=1S/C18H16ClN7O5S4/c19-7-1-9(7)31-25-10(8-4-33-17(20)22-8)13(27)23-11-14(28)26-12(16(29)30)6(2-32-15(11)26)3-34-18-24-21-5-35-18/h4-5,7,9,11,15H,1-3H2,(H2,20,22)(H,23,27)(H,29,30)/t7?,9?,11-,15+/m1/s1. The number of thioether (sulfide) groups is 2. The number of rotatable bonds is 9. The van der Waals surface area contributed by atoms with Crippen molar-refractivity contribution < 1.29 is 24.3 Å². The first kappa shape index (κ1) is 24.3. The van der Waals surface area contributed by atoms with Crippen LogP contribution in [-0.2, 0) is 19.2 Å². The number of hydrogen-bond donors (Lipinski definition) is 3. The number of carboxylic acids is 1. The summed E-state index contributed by atoms with van der Waals surface area (Å²) < 4.78 is 0.706. The number of nitrogens with one attached hydrogen (secondary N) is 1. The van der Waals surface area contributed by atoms with Gasteiger partial charge in [-0.25, -0.2) is 9.78 Å². The van der Waals surface area contributed by atoms with E-state index in [1.807, 2.05) is 0 Å². The molecule has 2 fully saturated rings. The number of nitrogens with zero attached hydrogens (tertiary/aromatic N) is 5. The normalized spacial score (nSPS) is 25.7. The quantitative estimate of drug-likeness (QED) is 0.129. The molecule has 2 aromatic heterocycles. The third kappa shape index (κ3) is 4.97. The number of halogens is 1. The van der Waals surface area contributed by atoms with Gasteiger partial charge >= 0.3 is 5.97 Å². The number of nitrogens with two attached hydrogens (primary N) is 1. The molecular weight excluding hydrogens is 558 g/mol. The number of β-lactam (4-membered cyclic amide) rings is 1. The Morgan fingerprint density at radius 1 is 1.43 bits per heavy atom. The van der Waals surface area contributed by atoms with Crippen LogP contribution >= 0.6 is 57.8 Å². The monoisotopic (exact) mass is 573 g/mol. The van der Waals surface area contributed by atoms with Gasteiger partial charge in [0.1, 0.15) is 34.4 Å². The van der Waals surface area contributed by atoms with Gasteiger partial charge in [-0.2, -0.15) is 0 Å². The molecule has 2 aromatic rings. The highest BCUT2D eigenvalue weighted by Crippen LogP contribution is 2.41. The number of carboxylic acid groups (broad SMARTS) is 1. The van der Waals surface area contributed by atoms with E-state index in [1.54, 1.807) is 10.9 Å². The van der Waals surface area contributed by atoms with Gasteiger partial charge in [0.2, 0.25) is 0 Å². The average molecular weight is 574 g/mol. The number of carbonyl (C=O) groups is 3. The van der Waals surface area contributed by atoms with E-state index >= 15 is 0 Å². The summed E-state index contributed by atoms with van der Waals surface area (Å²) in [5.74, 6) is -1.65. The smallest absolute Gasteiger partial charge is 0.352 e. The Morgan fingerprint density at radius 2 is 2.23 bits per heavy atom. The van der Waals surface area contributed by atoms with E-state index < -0.39 is 29.2 Å². The lowest BCUT2D eigenvalue weighted by Crippen LogP contribution is -2.71. The largest absolute Gasteiger partial charge is 0.477 e. The van der Waals surface area contributed by atoms with E-state index in [1.165, 1.54) is 39.8 Å². The predicted molar refractivity (Wildman–Crippen MR) is 133 cm³/mol. The zero-order valence-electron chi connectivity index (χ0n) is 17.5. The molecule has 0 aromatic carbocycles. The molecule has 17 heteroatoms. The molecule has 4 heterocycles. The van der Waals surface area contributed by atoms with E-state index in [9.17, 15) is 19.5 Å². The maximum absolute atomic E-state index is 13.0.